The molecule has 0 aromatic carbocycles. The van der Waals surface area contributed by atoms with Crippen LogP contribution in [0, 0.1) is 11.8 Å². The summed E-state index contributed by atoms with van der Waals surface area (Å²) < 4.78 is 5.51. The van der Waals surface area contributed by atoms with Crippen molar-refractivity contribution in [2.45, 2.75) is 70.9 Å². The van der Waals surface area contributed by atoms with Crippen molar-refractivity contribution in [2.75, 3.05) is 19.6 Å². The second-order valence-electron chi connectivity index (χ2n) is 8.71. The maximum Gasteiger partial charge on any atom is 0.410 e. The Hall–Kier alpha value is -1.52. The van der Waals surface area contributed by atoms with Crippen molar-refractivity contribution >= 4 is 12.0 Å². The van der Waals surface area contributed by atoms with Crippen LogP contribution in [0.2, 0.25) is 0 Å². The molecule has 2 amide bonds. The number of allylic oxidation sites excluding steroid dienone is 2. The summed E-state index contributed by atoms with van der Waals surface area (Å²) in [4.78, 5) is 29.2. The zero-order valence-corrected chi connectivity index (χ0v) is 15.9. The first-order valence-electron chi connectivity index (χ1n) is 9.78. The Labute approximate surface area is 151 Å². The first kappa shape index (κ1) is 18.3. The summed E-state index contributed by atoms with van der Waals surface area (Å²) in [5.74, 6) is 0.848. The third-order valence-electron chi connectivity index (χ3n) is 5.61. The standard InChI is InChI=1S/C20H32N2O3/c1-20(2,3)25-19(24)21-13-11-16(14-21)17-10-6-7-12-22(17)18(23)15-8-4-5-9-15/h4-5,15-17H,6-14H2,1-3H3/t16-,17+/m1/s1. The summed E-state index contributed by atoms with van der Waals surface area (Å²) in [6.07, 6.45) is 10.1. The smallest absolute Gasteiger partial charge is 0.410 e. The minimum atomic E-state index is -0.461. The fraction of sp³-hybridized carbons (Fsp3) is 0.800. The molecule has 2 heterocycles. The number of nitrogens with zero attached hydrogens (tertiary/aromatic N) is 2. The highest BCUT2D eigenvalue weighted by Gasteiger charge is 2.40. The summed E-state index contributed by atoms with van der Waals surface area (Å²) in [5.41, 5.74) is -0.461. The molecule has 0 bridgehead atoms. The van der Waals surface area contributed by atoms with E-state index in [-0.39, 0.29) is 18.1 Å². The van der Waals surface area contributed by atoms with Crippen LogP contribution in [0.1, 0.15) is 59.3 Å². The van der Waals surface area contributed by atoms with E-state index in [1.807, 2.05) is 25.7 Å². The normalized spacial score (nSPS) is 27.8. The van der Waals surface area contributed by atoms with Gasteiger partial charge in [0.05, 0.1) is 0 Å². The molecule has 5 nitrogen and oxygen atoms in total. The second kappa shape index (κ2) is 7.38. The molecule has 25 heavy (non-hydrogen) atoms. The number of rotatable bonds is 2. The van der Waals surface area contributed by atoms with Gasteiger partial charge < -0.3 is 14.5 Å². The minimum Gasteiger partial charge on any atom is -0.444 e. The average Bonchev–Trinajstić information content (AvgIpc) is 3.24. The summed E-state index contributed by atoms with van der Waals surface area (Å²) in [7, 11) is 0. The molecule has 3 aliphatic rings. The predicted molar refractivity (Wildman–Crippen MR) is 97.1 cm³/mol. The molecule has 2 aliphatic heterocycles. The number of piperidine rings is 1. The molecule has 0 aromatic heterocycles. The van der Waals surface area contributed by atoms with Crippen LogP contribution in [0.3, 0.4) is 0 Å². The third kappa shape index (κ3) is 4.36. The Morgan fingerprint density at radius 2 is 1.76 bits per heavy atom. The summed E-state index contributed by atoms with van der Waals surface area (Å²) in [5, 5.41) is 0. The Bertz CT molecular complexity index is 530. The molecule has 0 N–H and O–H groups in total. The van der Waals surface area contributed by atoms with Gasteiger partial charge in [-0.3, -0.25) is 4.79 Å². The molecule has 1 aliphatic carbocycles. The molecule has 2 saturated heterocycles. The number of carbonyl (C=O) groups is 2. The largest absolute Gasteiger partial charge is 0.444 e. The third-order valence-corrected chi connectivity index (χ3v) is 5.61. The van der Waals surface area contributed by atoms with Gasteiger partial charge in [0.15, 0.2) is 0 Å². The monoisotopic (exact) mass is 348 g/mol. The van der Waals surface area contributed by atoms with Crippen molar-refractivity contribution in [1.82, 2.24) is 9.80 Å². The number of likely N-dealkylation sites (tertiary alicyclic amines) is 2. The van der Waals surface area contributed by atoms with Gasteiger partial charge in [0.2, 0.25) is 5.91 Å². The van der Waals surface area contributed by atoms with Crippen LogP contribution < -0.4 is 0 Å². The van der Waals surface area contributed by atoms with Gasteiger partial charge in [0, 0.05) is 31.6 Å². The van der Waals surface area contributed by atoms with Crippen LogP contribution in [0.5, 0.6) is 0 Å². The minimum absolute atomic E-state index is 0.143. The molecular formula is C20H32N2O3. The second-order valence-corrected chi connectivity index (χ2v) is 8.71. The van der Waals surface area contributed by atoms with Crippen LogP contribution in [-0.2, 0) is 9.53 Å². The number of amides is 2. The van der Waals surface area contributed by atoms with E-state index in [0.717, 1.165) is 45.2 Å². The highest BCUT2D eigenvalue weighted by atomic mass is 16.6. The average molecular weight is 348 g/mol. The van der Waals surface area contributed by atoms with Crippen molar-refractivity contribution in [3.8, 4) is 0 Å². The van der Waals surface area contributed by atoms with E-state index in [9.17, 15) is 9.59 Å². The van der Waals surface area contributed by atoms with Crippen molar-refractivity contribution in [3.05, 3.63) is 12.2 Å². The maximum atomic E-state index is 13.0. The van der Waals surface area contributed by atoms with E-state index in [2.05, 4.69) is 17.1 Å². The lowest BCUT2D eigenvalue weighted by molar-refractivity contribution is -0.140. The lowest BCUT2D eigenvalue weighted by Gasteiger charge is -2.40. The fourth-order valence-corrected chi connectivity index (χ4v) is 4.37. The van der Waals surface area contributed by atoms with Gasteiger partial charge >= 0.3 is 6.09 Å². The van der Waals surface area contributed by atoms with Gasteiger partial charge in [0.1, 0.15) is 5.60 Å². The van der Waals surface area contributed by atoms with Crippen LogP contribution >= 0.6 is 0 Å². The molecular weight excluding hydrogens is 316 g/mol. The van der Waals surface area contributed by atoms with E-state index in [0.29, 0.717) is 18.4 Å². The van der Waals surface area contributed by atoms with Gasteiger partial charge in [-0.1, -0.05) is 12.2 Å². The molecule has 0 radical (unpaired) electrons. The van der Waals surface area contributed by atoms with Crippen LogP contribution in [0.15, 0.2) is 12.2 Å². The van der Waals surface area contributed by atoms with Gasteiger partial charge in [-0.15, -0.1) is 0 Å². The molecule has 0 unspecified atom stereocenters. The summed E-state index contributed by atoms with van der Waals surface area (Å²) in [6, 6.07) is 0.286. The highest BCUT2D eigenvalue weighted by molar-refractivity contribution is 5.80. The van der Waals surface area contributed by atoms with Crippen LogP contribution in [-0.4, -0.2) is 53.1 Å². The highest BCUT2D eigenvalue weighted by Crippen LogP contribution is 2.33. The molecule has 0 spiro atoms. The summed E-state index contributed by atoms with van der Waals surface area (Å²) >= 11 is 0. The Balaban J connectivity index is 1.61. The van der Waals surface area contributed by atoms with Crippen LogP contribution in [0.4, 0.5) is 4.79 Å². The molecule has 0 saturated carbocycles. The Kier molecular flexibility index (Phi) is 5.40. The van der Waals surface area contributed by atoms with Crippen molar-refractivity contribution in [2.24, 2.45) is 11.8 Å². The van der Waals surface area contributed by atoms with E-state index in [1.165, 1.54) is 6.42 Å². The summed E-state index contributed by atoms with van der Waals surface area (Å²) in [6.45, 7) is 8.03. The first-order valence-corrected chi connectivity index (χ1v) is 9.78. The van der Waals surface area contributed by atoms with E-state index < -0.39 is 5.60 Å². The van der Waals surface area contributed by atoms with Crippen molar-refractivity contribution in [1.29, 1.82) is 0 Å². The number of ether oxygens (including phenoxy) is 1. The zero-order valence-electron chi connectivity index (χ0n) is 15.9. The Morgan fingerprint density at radius 1 is 1.04 bits per heavy atom. The fourth-order valence-electron chi connectivity index (χ4n) is 4.37. The number of hydrogen-bond donors (Lipinski definition) is 0. The lowest BCUT2D eigenvalue weighted by atomic mass is 9.88. The van der Waals surface area contributed by atoms with E-state index in [1.54, 1.807) is 0 Å². The van der Waals surface area contributed by atoms with Gasteiger partial charge in [-0.05, 0) is 65.2 Å². The predicted octanol–water partition coefficient (Wildman–Crippen LogP) is 3.59. The molecule has 5 heteroatoms. The van der Waals surface area contributed by atoms with E-state index >= 15 is 0 Å². The zero-order chi connectivity index (χ0) is 18.0. The maximum absolute atomic E-state index is 13.0. The SMILES string of the molecule is CC(C)(C)OC(=O)N1CC[C@@H]([C@@H]2CCCCN2C(=O)C2CC=CC2)C1. The van der Waals surface area contributed by atoms with E-state index in [4.69, 9.17) is 4.74 Å². The first-order chi connectivity index (χ1) is 11.8. The van der Waals surface area contributed by atoms with Crippen molar-refractivity contribution < 1.29 is 14.3 Å². The van der Waals surface area contributed by atoms with Crippen molar-refractivity contribution in [3.63, 3.8) is 0 Å². The van der Waals surface area contributed by atoms with Gasteiger partial charge in [-0.2, -0.15) is 0 Å². The lowest BCUT2D eigenvalue weighted by Crippen LogP contribution is -2.50. The molecule has 0 aromatic rings. The molecule has 140 valence electrons. The van der Waals surface area contributed by atoms with Gasteiger partial charge in [-0.25, -0.2) is 4.79 Å². The quantitative estimate of drug-likeness (QED) is 0.717. The Morgan fingerprint density at radius 3 is 2.44 bits per heavy atom. The topological polar surface area (TPSA) is 49.9 Å². The molecule has 2 atom stereocenters. The molecule has 3 rings (SSSR count). The molecule has 2 fully saturated rings. The number of hydrogen-bond acceptors (Lipinski definition) is 3. The number of carbonyl (C=O) groups excluding carboxylic acids is 2. The van der Waals surface area contributed by atoms with Crippen LogP contribution in [0.25, 0.3) is 0 Å². The van der Waals surface area contributed by atoms with Gasteiger partial charge in [0.25, 0.3) is 0 Å².